The van der Waals surface area contributed by atoms with Gasteiger partial charge in [-0.1, -0.05) is 0 Å². The van der Waals surface area contributed by atoms with Gasteiger partial charge in [-0.3, -0.25) is 0 Å². The number of hydrogen-bond donors (Lipinski definition) is 4. The summed E-state index contributed by atoms with van der Waals surface area (Å²) in [5.74, 6) is -1.50. The molecule has 0 atom stereocenters. The molecule has 0 aliphatic carbocycles. The van der Waals surface area contributed by atoms with Gasteiger partial charge >= 0.3 is 80.9 Å². The van der Waals surface area contributed by atoms with Crippen molar-refractivity contribution in [2.45, 2.75) is 0 Å². The minimum atomic E-state index is -0.582. The van der Waals surface area contributed by atoms with Crippen LogP contribution in [0.2, 0.25) is 0 Å². The maximum atomic E-state index is 9.00. The Labute approximate surface area is 81.1 Å². The molecule has 0 amide bonds. The molecule has 0 radical (unpaired) electrons. The number of phenols is 3. The average molecular weight is 282 g/mol. The van der Waals surface area contributed by atoms with Gasteiger partial charge in [0.05, 0.1) is 0 Å². The van der Waals surface area contributed by atoms with E-state index in [0.29, 0.717) is 0 Å². The van der Waals surface area contributed by atoms with Gasteiger partial charge in [0.25, 0.3) is 0 Å². The Bertz CT molecular complexity index is 311. The summed E-state index contributed by atoms with van der Waals surface area (Å²) in [7, 11) is 0. The van der Waals surface area contributed by atoms with Gasteiger partial charge in [0.2, 0.25) is 0 Å². The summed E-state index contributed by atoms with van der Waals surface area (Å²) in [6, 6.07) is 2.32. The molecule has 0 fully saturated rings. The topological polar surface area (TPSA) is 80.9 Å². The molecule has 0 spiro atoms. The van der Waals surface area contributed by atoms with Crippen LogP contribution in [-0.2, 0) is 0 Å². The van der Waals surface area contributed by atoms with Crippen molar-refractivity contribution in [1.82, 2.24) is 0 Å². The summed E-state index contributed by atoms with van der Waals surface area (Å²) in [6.07, 6.45) is 0. The zero-order valence-electron chi connectivity index (χ0n) is 5.85. The van der Waals surface area contributed by atoms with Gasteiger partial charge < -0.3 is 0 Å². The predicted octanol–water partition coefficient (Wildman–Crippen LogP) is -0.178. The molecular formula is C7H6O4Te. The third-order valence-corrected chi connectivity index (χ3v) is 1.99. The number of benzene rings is 1. The van der Waals surface area contributed by atoms with Crippen LogP contribution in [0.15, 0.2) is 12.1 Å². The fourth-order valence-electron chi connectivity index (χ4n) is 0.728. The number of aromatic hydroxyl groups is 3. The second-order valence-electron chi connectivity index (χ2n) is 2.17. The first-order valence-corrected chi connectivity index (χ1v) is 4.17. The molecule has 1 aromatic rings. The number of rotatable bonds is 1. The van der Waals surface area contributed by atoms with E-state index in [1.54, 1.807) is 0 Å². The summed E-state index contributed by atoms with van der Waals surface area (Å²) >= 11 is 1.34. The summed E-state index contributed by atoms with van der Waals surface area (Å²) < 4.78 is -0.0311. The van der Waals surface area contributed by atoms with Gasteiger partial charge in [-0.15, -0.1) is 0 Å². The van der Waals surface area contributed by atoms with Crippen molar-refractivity contribution in [1.29, 1.82) is 0 Å². The molecule has 0 bridgehead atoms. The van der Waals surface area contributed by atoms with E-state index in [-0.39, 0.29) is 9.30 Å². The Hall–Kier alpha value is -0.920. The maximum absolute atomic E-state index is 9.00. The Morgan fingerprint density at radius 3 is 1.83 bits per heavy atom. The van der Waals surface area contributed by atoms with E-state index in [1.165, 1.54) is 21.8 Å². The molecule has 0 heterocycles. The third kappa shape index (κ3) is 1.63. The summed E-state index contributed by atoms with van der Waals surface area (Å²) in [4.78, 5) is 0. The van der Waals surface area contributed by atoms with Crippen LogP contribution < -0.4 is 0 Å². The monoisotopic (exact) mass is 284 g/mol. The molecule has 64 valence electrons. The van der Waals surface area contributed by atoms with Crippen molar-refractivity contribution >= 4 is 25.6 Å². The first kappa shape index (κ1) is 9.17. The summed E-state index contributed by atoms with van der Waals surface area (Å²) in [6.45, 7) is 0. The van der Waals surface area contributed by atoms with Crippen LogP contribution in [0.4, 0.5) is 0 Å². The van der Waals surface area contributed by atoms with Gasteiger partial charge in [-0.2, -0.15) is 0 Å². The van der Waals surface area contributed by atoms with Gasteiger partial charge in [0.15, 0.2) is 0 Å². The van der Waals surface area contributed by atoms with Crippen LogP contribution in [0.25, 0.3) is 0 Å². The predicted molar refractivity (Wildman–Crippen MR) is 43.2 cm³/mol. The van der Waals surface area contributed by atoms with Gasteiger partial charge in [0, 0.05) is 0 Å². The van der Waals surface area contributed by atoms with E-state index in [9.17, 15) is 0 Å². The molecular weight excluding hydrogens is 276 g/mol. The van der Waals surface area contributed by atoms with Crippen LogP contribution >= 0.6 is 0 Å². The van der Waals surface area contributed by atoms with E-state index < -0.39 is 17.2 Å². The fourth-order valence-corrected chi connectivity index (χ4v) is 1.06. The van der Waals surface area contributed by atoms with E-state index in [2.05, 4.69) is 0 Å². The Kier molecular flexibility index (Phi) is 2.46. The van der Waals surface area contributed by atoms with Gasteiger partial charge in [-0.25, -0.2) is 0 Å². The number of phenolic OH excluding ortho intramolecular Hbond substituents is 3. The number of aliphatic hydroxyl groups is 1. The van der Waals surface area contributed by atoms with E-state index in [1.807, 2.05) is 0 Å². The SMILES string of the molecule is OC(=[Te])c1cc(O)c(O)c(O)c1. The quantitative estimate of drug-likeness (QED) is 0.425. The summed E-state index contributed by atoms with van der Waals surface area (Å²) in [5.41, 5.74) is 0.271. The fraction of sp³-hybridized carbons (Fsp3) is 0. The van der Waals surface area contributed by atoms with Crippen molar-refractivity contribution in [2.75, 3.05) is 0 Å². The molecule has 1 rings (SSSR count). The van der Waals surface area contributed by atoms with Crippen LogP contribution in [0.3, 0.4) is 0 Å². The van der Waals surface area contributed by atoms with E-state index in [0.717, 1.165) is 12.1 Å². The zero-order valence-corrected chi connectivity index (χ0v) is 8.18. The molecule has 4 N–H and O–H groups in total. The van der Waals surface area contributed by atoms with Crippen LogP contribution in [0.5, 0.6) is 17.2 Å². The molecule has 0 aliphatic heterocycles. The first-order chi connectivity index (χ1) is 5.52. The van der Waals surface area contributed by atoms with Crippen molar-refractivity contribution < 1.29 is 20.4 Å². The summed E-state index contributed by atoms with van der Waals surface area (Å²) in [5, 5.41) is 35.9. The Morgan fingerprint density at radius 1 is 1.08 bits per heavy atom. The molecule has 0 unspecified atom stereocenters. The molecule has 4 nitrogen and oxygen atoms in total. The molecule has 0 saturated carbocycles. The van der Waals surface area contributed by atoms with Crippen molar-refractivity contribution in [2.24, 2.45) is 0 Å². The Morgan fingerprint density at radius 2 is 1.50 bits per heavy atom. The first-order valence-electron chi connectivity index (χ1n) is 3.00. The average Bonchev–Trinajstić information content (AvgIpc) is 1.99. The van der Waals surface area contributed by atoms with Crippen LogP contribution in [0.1, 0.15) is 5.56 Å². The van der Waals surface area contributed by atoms with E-state index in [4.69, 9.17) is 20.4 Å². The van der Waals surface area contributed by atoms with E-state index >= 15 is 0 Å². The number of hydrogen-bond acceptors (Lipinski definition) is 4. The second-order valence-corrected chi connectivity index (χ2v) is 3.27. The van der Waals surface area contributed by atoms with Crippen molar-refractivity contribution in [3.63, 3.8) is 0 Å². The van der Waals surface area contributed by atoms with Crippen molar-refractivity contribution in [3.05, 3.63) is 17.7 Å². The Balaban J connectivity index is 3.31. The third-order valence-electron chi connectivity index (χ3n) is 1.32. The van der Waals surface area contributed by atoms with Gasteiger partial charge in [0.1, 0.15) is 0 Å². The standard InChI is InChI=1S/C7H6O4Te/c8-4-1-3(7(11)12)2-5(9)6(4)10/h1-2,8-10H,(H,11,12). The van der Waals surface area contributed by atoms with Crippen LogP contribution in [-0.4, -0.2) is 46.0 Å². The molecule has 0 aliphatic rings. The molecule has 5 heteroatoms. The van der Waals surface area contributed by atoms with Crippen molar-refractivity contribution in [3.8, 4) is 17.2 Å². The van der Waals surface area contributed by atoms with Crippen LogP contribution in [0, 0.1) is 0 Å². The number of aliphatic hydroxyl groups excluding tert-OH is 1. The molecule has 1 aromatic carbocycles. The normalized spacial score (nSPS) is 9.67. The van der Waals surface area contributed by atoms with Gasteiger partial charge in [-0.05, 0) is 0 Å². The molecule has 12 heavy (non-hydrogen) atoms. The zero-order chi connectivity index (χ0) is 9.30. The molecule has 0 aromatic heterocycles. The molecule has 0 saturated heterocycles. The second kappa shape index (κ2) is 3.21. The minimum absolute atomic E-state index is 0.0311.